The molecule has 0 fully saturated rings. The van der Waals surface area contributed by atoms with Gasteiger partial charge in [0.25, 0.3) is 0 Å². The van der Waals surface area contributed by atoms with Gasteiger partial charge in [-0.3, -0.25) is 0 Å². The summed E-state index contributed by atoms with van der Waals surface area (Å²) in [5.41, 5.74) is 0.483. The molecule has 0 saturated carbocycles. The predicted molar refractivity (Wildman–Crippen MR) is 71.9 cm³/mol. The second kappa shape index (κ2) is 4.18. The summed E-state index contributed by atoms with van der Waals surface area (Å²) in [4.78, 5) is 11.3. The highest BCUT2D eigenvalue weighted by molar-refractivity contribution is 6.40. The Kier molecular flexibility index (Phi) is 3.07. The number of furan rings is 1. The summed E-state index contributed by atoms with van der Waals surface area (Å²) >= 11 is 12.2. The number of carboxylic acid groups (broad SMARTS) is 1. The van der Waals surface area contributed by atoms with Gasteiger partial charge in [-0.05, 0) is 17.5 Å². The van der Waals surface area contributed by atoms with E-state index in [1.54, 1.807) is 12.1 Å². The molecule has 0 aliphatic carbocycles. The van der Waals surface area contributed by atoms with E-state index in [-0.39, 0.29) is 5.76 Å². The predicted octanol–water partition coefficient (Wildman–Crippen LogP) is 4.74. The summed E-state index contributed by atoms with van der Waals surface area (Å²) in [5.74, 6) is -1.23. The monoisotopic (exact) mass is 286 g/mol. The first-order chi connectivity index (χ1) is 8.23. The minimum atomic E-state index is -1.12. The number of benzene rings is 1. The van der Waals surface area contributed by atoms with Crippen LogP contribution in [0.1, 0.15) is 36.9 Å². The van der Waals surface area contributed by atoms with Crippen molar-refractivity contribution in [3.05, 3.63) is 33.5 Å². The van der Waals surface area contributed by atoms with Gasteiger partial charge in [0.2, 0.25) is 5.76 Å². The lowest BCUT2D eigenvalue weighted by atomic mass is 9.85. The second-order valence-electron chi connectivity index (χ2n) is 5.09. The SMILES string of the molecule is CC(C)(C)c1c(C(=O)O)oc2c(Cl)ccc(Cl)c12. The highest BCUT2D eigenvalue weighted by Crippen LogP contribution is 2.41. The fourth-order valence-corrected chi connectivity index (χ4v) is 2.44. The summed E-state index contributed by atoms with van der Waals surface area (Å²) in [5, 5.41) is 10.6. The third-order valence-corrected chi connectivity index (χ3v) is 3.30. The zero-order valence-corrected chi connectivity index (χ0v) is 11.7. The van der Waals surface area contributed by atoms with E-state index in [2.05, 4.69) is 0 Å². The molecule has 5 heteroatoms. The van der Waals surface area contributed by atoms with Crippen LogP contribution in [0.4, 0.5) is 0 Å². The maximum absolute atomic E-state index is 11.3. The van der Waals surface area contributed by atoms with Crippen molar-refractivity contribution in [1.82, 2.24) is 0 Å². The van der Waals surface area contributed by atoms with Crippen LogP contribution < -0.4 is 0 Å². The van der Waals surface area contributed by atoms with Crippen molar-refractivity contribution < 1.29 is 14.3 Å². The maximum atomic E-state index is 11.3. The summed E-state index contributed by atoms with van der Waals surface area (Å²) < 4.78 is 5.38. The van der Waals surface area contributed by atoms with Gasteiger partial charge in [-0.25, -0.2) is 4.79 Å². The zero-order valence-electron chi connectivity index (χ0n) is 10.2. The normalized spacial score (nSPS) is 12.1. The number of hydrogen-bond acceptors (Lipinski definition) is 2. The Hall–Kier alpha value is -1.19. The molecule has 0 aliphatic rings. The molecule has 0 unspecified atom stereocenters. The minimum absolute atomic E-state index is 0.104. The van der Waals surface area contributed by atoms with Gasteiger partial charge in [0, 0.05) is 10.9 Å². The molecular weight excluding hydrogens is 275 g/mol. The number of halogens is 2. The van der Waals surface area contributed by atoms with E-state index < -0.39 is 11.4 Å². The first kappa shape index (κ1) is 13.2. The molecule has 96 valence electrons. The molecule has 0 radical (unpaired) electrons. The molecule has 0 bridgehead atoms. The lowest BCUT2D eigenvalue weighted by Crippen LogP contribution is -2.15. The quantitative estimate of drug-likeness (QED) is 0.824. The Bertz CT molecular complexity index is 636. The van der Waals surface area contributed by atoms with Gasteiger partial charge in [-0.1, -0.05) is 44.0 Å². The topological polar surface area (TPSA) is 50.4 Å². The zero-order chi connectivity index (χ0) is 13.7. The Morgan fingerprint density at radius 3 is 2.28 bits per heavy atom. The van der Waals surface area contributed by atoms with E-state index in [4.69, 9.17) is 27.6 Å². The standard InChI is InChI=1S/C13H12Cl2O3/c1-13(2,3)9-8-6(14)4-5-7(15)10(8)18-11(9)12(16)17/h4-5H,1-3H3,(H,16,17). The van der Waals surface area contributed by atoms with Crippen molar-refractivity contribution in [2.24, 2.45) is 0 Å². The van der Waals surface area contributed by atoms with E-state index >= 15 is 0 Å². The minimum Gasteiger partial charge on any atom is -0.475 e. The number of carboxylic acids is 1. The van der Waals surface area contributed by atoms with Crippen LogP contribution in [0.5, 0.6) is 0 Å². The van der Waals surface area contributed by atoms with E-state index in [0.717, 1.165) is 0 Å². The number of fused-ring (bicyclic) bond motifs is 1. The van der Waals surface area contributed by atoms with Gasteiger partial charge in [-0.15, -0.1) is 0 Å². The van der Waals surface area contributed by atoms with E-state index in [1.807, 2.05) is 20.8 Å². The molecule has 1 heterocycles. The lowest BCUT2D eigenvalue weighted by molar-refractivity contribution is 0.0661. The lowest BCUT2D eigenvalue weighted by Gasteiger charge is -2.18. The number of carbonyl (C=O) groups is 1. The summed E-state index contributed by atoms with van der Waals surface area (Å²) in [6.07, 6.45) is 0. The van der Waals surface area contributed by atoms with Crippen LogP contribution in [-0.4, -0.2) is 11.1 Å². The molecule has 1 aromatic heterocycles. The molecule has 2 rings (SSSR count). The van der Waals surface area contributed by atoms with Crippen LogP contribution in [0.25, 0.3) is 11.0 Å². The van der Waals surface area contributed by atoms with E-state index in [0.29, 0.717) is 26.6 Å². The molecule has 2 aromatic rings. The maximum Gasteiger partial charge on any atom is 0.372 e. The average Bonchev–Trinajstić information content (AvgIpc) is 2.64. The van der Waals surface area contributed by atoms with Crippen molar-refractivity contribution in [1.29, 1.82) is 0 Å². The summed E-state index contributed by atoms with van der Waals surface area (Å²) in [7, 11) is 0. The molecule has 0 spiro atoms. The number of rotatable bonds is 1. The van der Waals surface area contributed by atoms with Crippen molar-refractivity contribution in [2.75, 3.05) is 0 Å². The van der Waals surface area contributed by atoms with Gasteiger partial charge in [0.05, 0.1) is 10.0 Å². The van der Waals surface area contributed by atoms with Crippen LogP contribution in [-0.2, 0) is 5.41 Å². The summed E-state index contributed by atoms with van der Waals surface area (Å²) in [6, 6.07) is 3.23. The van der Waals surface area contributed by atoms with Crippen molar-refractivity contribution in [3.63, 3.8) is 0 Å². The molecular formula is C13H12Cl2O3. The number of aromatic carboxylic acids is 1. The van der Waals surface area contributed by atoms with Gasteiger partial charge in [-0.2, -0.15) is 0 Å². The smallest absolute Gasteiger partial charge is 0.372 e. The van der Waals surface area contributed by atoms with Gasteiger partial charge >= 0.3 is 5.97 Å². The highest BCUT2D eigenvalue weighted by Gasteiger charge is 2.30. The van der Waals surface area contributed by atoms with E-state index in [9.17, 15) is 9.90 Å². The Morgan fingerprint density at radius 2 is 1.78 bits per heavy atom. The molecule has 0 saturated heterocycles. The van der Waals surface area contributed by atoms with Crippen LogP contribution in [0, 0.1) is 0 Å². The fourth-order valence-electron chi connectivity index (χ4n) is 2.00. The van der Waals surface area contributed by atoms with Crippen molar-refractivity contribution in [2.45, 2.75) is 26.2 Å². The van der Waals surface area contributed by atoms with Crippen LogP contribution in [0.2, 0.25) is 10.0 Å². The first-order valence-corrected chi connectivity index (χ1v) is 6.13. The molecule has 0 atom stereocenters. The van der Waals surface area contributed by atoms with Crippen molar-refractivity contribution >= 4 is 40.1 Å². The number of hydrogen-bond donors (Lipinski definition) is 1. The summed E-state index contributed by atoms with van der Waals surface area (Å²) in [6.45, 7) is 5.71. The van der Waals surface area contributed by atoms with Gasteiger partial charge in [0.15, 0.2) is 5.58 Å². The Balaban J connectivity index is 3.00. The fraction of sp³-hybridized carbons (Fsp3) is 0.308. The second-order valence-corrected chi connectivity index (χ2v) is 5.91. The van der Waals surface area contributed by atoms with E-state index in [1.165, 1.54) is 0 Å². The molecule has 1 aromatic carbocycles. The van der Waals surface area contributed by atoms with Crippen LogP contribution in [0.15, 0.2) is 16.5 Å². The molecule has 1 N–H and O–H groups in total. The molecule has 0 aliphatic heterocycles. The molecule has 18 heavy (non-hydrogen) atoms. The molecule has 3 nitrogen and oxygen atoms in total. The highest BCUT2D eigenvalue weighted by atomic mass is 35.5. The van der Waals surface area contributed by atoms with Gasteiger partial charge < -0.3 is 9.52 Å². The largest absolute Gasteiger partial charge is 0.475 e. The van der Waals surface area contributed by atoms with Crippen LogP contribution >= 0.6 is 23.2 Å². The van der Waals surface area contributed by atoms with Crippen LogP contribution in [0.3, 0.4) is 0 Å². The Morgan fingerprint density at radius 1 is 1.22 bits per heavy atom. The third-order valence-electron chi connectivity index (χ3n) is 2.68. The first-order valence-electron chi connectivity index (χ1n) is 5.37. The molecule has 0 amide bonds. The Labute approximate surface area is 114 Å². The van der Waals surface area contributed by atoms with Crippen molar-refractivity contribution in [3.8, 4) is 0 Å². The van der Waals surface area contributed by atoms with Gasteiger partial charge in [0.1, 0.15) is 0 Å². The average molecular weight is 287 g/mol. The third kappa shape index (κ3) is 1.98.